The van der Waals surface area contributed by atoms with Crippen molar-refractivity contribution in [1.82, 2.24) is 10.2 Å². The maximum absolute atomic E-state index is 12.3. The van der Waals surface area contributed by atoms with Gasteiger partial charge < -0.3 is 5.32 Å². The van der Waals surface area contributed by atoms with Crippen LogP contribution in [0.3, 0.4) is 0 Å². The van der Waals surface area contributed by atoms with Crippen molar-refractivity contribution in [3.8, 4) is 0 Å². The van der Waals surface area contributed by atoms with E-state index in [0.29, 0.717) is 24.1 Å². The van der Waals surface area contributed by atoms with Gasteiger partial charge in [0.15, 0.2) is 0 Å². The number of piperidine rings is 1. The van der Waals surface area contributed by atoms with Crippen LogP contribution in [0, 0.1) is 0 Å². The summed E-state index contributed by atoms with van der Waals surface area (Å²) in [5, 5.41) is 2.59. The molecule has 0 spiro atoms. The van der Waals surface area contributed by atoms with E-state index in [1.807, 2.05) is 0 Å². The third-order valence-electron chi connectivity index (χ3n) is 3.40. The van der Waals surface area contributed by atoms with Crippen molar-refractivity contribution in [3.05, 3.63) is 48.2 Å². The standard InChI is InChI=1S/C15H16N2O3/c1-4-6-11-10(5-2)14(19)17(15(11)20)12-8-7-9(3)16-13(12)18/h4-6,12H,1,3,7-8H2,2H3,(H,16,18)/b10-5+,11-6+. The fourth-order valence-electron chi connectivity index (χ4n) is 2.43. The zero-order chi connectivity index (χ0) is 14.9. The van der Waals surface area contributed by atoms with Crippen LogP contribution in [0.25, 0.3) is 0 Å². The molecule has 5 nitrogen and oxygen atoms in total. The lowest BCUT2D eigenvalue weighted by atomic mass is 10.0. The molecule has 2 heterocycles. The van der Waals surface area contributed by atoms with Crippen molar-refractivity contribution >= 4 is 17.7 Å². The summed E-state index contributed by atoms with van der Waals surface area (Å²) in [5.74, 6) is -1.24. The molecule has 0 aromatic carbocycles. The molecule has 1 N–H and O–H groups in total. The Kier molecular flexibility index (Phi) is 3.70. The van der Waals surface area contributed by atoms with Gasteiger partial charge in [-0.3, -0.25) is 19.3 Å². The van der Waals surface area contributed by atoms with Gasteiger partial charge in [0.1, 0.15) is 6.04 Å². The Balaban J connectivity index is 2.38. The van der Waals surface area contributed by atoms with Gasteiger partial charge >= 0.3 is 0 Å². The summed E-state index contributed by atoms with van der Waals surface area (Å²) in [6, 6.07) is -0.772. The van der Waals surface area contributed by atoms with Crippen LogP contribution >= 0.6 is 0 Å². The number of carbonyl (C=O) groups is 3. The first kappa shape index (κ1) is 14.0. The third-order valence-corrected chi connectivity index (χ3v) is 3.40. The van der Waals surface area contributed by atoms with E-state index in [1.165, 1.54) is 12.2 Å². The molecule has 0 aromatic heterocycles. The van der Waals surface area contributed by atoms with Crippen LogP contribution in [0.4, 0.5) is 0 Å². The molecule has 104 valence electrons. The van der Waals surface area contributed by atoms with E-state index in [0.717, 1.165) is 4.90 Å². The fourth-order valence-corrected chi connectivity index (χ4v) is 2.43. The van der Waals surface area contributed by atoms with E-state index >= 15 is 0 Å². The van der Waals surface area contributed by atoms with Gasteiger partial charge in [0.2, 0.25) is 5.91 Å². The van der Waals surface area contributed by atoms with Crippen LogP contribution < -0.4 is 5.32 Å². The van der Waals surface area contributed by atoms with Gasteiger partial charge in [-0.25, -0.2) is 0 Å². The van der Waals surface area contributed by atoms with Crippen LogP contribution in [0.1, 0.15) is 19.8 Å². The summed E-state index contributed by atoms with van der Waals surface area (Å²) in [5.41, 5.74) is 1.20. The van der Waals surface area contributed by atoms with Crippen molar-refractivity contribution in [3.63, 3.8) is 0 Å². The number of likely N-dealkylation sites (tertiary alicyclic amines) is 1. The molecule has 0 bridgehead atoms. The van der Waals surface area contributed by atoms with Gasteiger partial charge in [0.05, 0.1) is 5.57 Å². The lowest BCUT2D eigenvalue weighted by Crippen LogP contribution is -2.51. The first-order valence-corrected chi connectivity index (χ1v) is 6.37. The predicted octanol–water partition coefficient (Wildman–Crippen LogP) is 1.21. The van der Waals surface area contributed by atoms with E-state index < -0.39 is 17.9 Å². The van der Waals surface area contributed by atoms with Crippen LogP contribution in [0.5, 0.6) is 0 Å². The summed E-state index contributed by atoms with van der Waals surface area (Å²) < 4.78 is 0. The normalized spacial score (nSPS) is 27.4. The number of allylic oxidation sites excluding steroid dienone is 4. The highest BCUT2D eigenvalue weighted by Gasteiger charge is 2.45. The molecular formula is C15H16N2O3. The SMILES string of the molecule is C=C/C=C1/C(=O)N(C2CCC(=C)NC2=O)C(=O)/C1=C/C. The van der Waals surface area contributed by atoms with Crippen LogP contribution in [0.15, 0.2) is 48.2 Å². The summed E-state index contributed by atoms with van der Waals surface area (Å²) in [6.45, 7) is 8.91. The van der Waals surface area contributed by atoms with Crippen molar-refractivity contribution in [1.29, 1.82) is 0 Å². The highest BCUT2D eigenvalue weighted by molar-refractivity contribution is 6.26. The van der Waals surface area contributed by atoms with Crippen LogP contribution in [-0.4, -0.2) is 28.7 Å². The van der Waals surface area contributed by atoms with E-state index in [1.54, 1.807) is 13.0 Å². The average molecular weight is 272 g/mol. The lowest BCUT2D eigenvalue weighted by molar-refractivity contribution is -0.145. The number of imide groups is 1. The molecule has 2 saturated heterocycles. The fraction of sp³-hybridized carbons (Fsp3) is 0.267. The van der Waals surface area contributed by atoms with Gasteiger partial charge in [-0.05, 0) is 25.8 Å². The molecule has 20 heavy (non-hydrogen) atoms. The molecule has 2 aliphatic heterocycles. The Labute approximate surface area is 117 Å². The number of carbonyl (C=O) groups excluding carboxylic acids is 3. The van der Waals surface area contributed by atoms with Crippen molar-refractivity contribution in [2.75, 3.05) is 0 Å². The monoisotopic (exact) mass is 272 g/mol. The Hall–Kier alpha value is -2.43. The molecule has 1 atom stereocenters. The van der Waals surface area contributed by atoms with Gasteiger partial charge in [-0.2, -0.15) is 0 Å². The predicted molar refractivity (Wildman–Crippen MR) is 74.2 cm³/mol. The maximum Gasteiger partial charge on any atom is 0.262 e. The molecule has 2 rings (SSSR count). The van der Waals surface area contributed by atoms with E-state index in [9.17, 15) is 14.4 Å². The average Bonchev–Trinajstić information content (AvgIpc) is 2.63. The Morgan fingerprint density at radius 2 is 1.90 bits per heavy atom. The zero-order valence-electron chi connectivity index (χ0n) is 11.3. The number of rotatable bonds is 2. The number of hydrogen-bond acceptors (Lipinski definition) is 3. The van der Waals surface area contributed by atoms with Gasteiger partial charge in [0, 0.05) is 11.3 Å². The smallest absolute Gasteiger partial charge is 0.262 e. The van der Waals surface area contributed by atoms with Gasteiger partial charge in [-0.15, -0.1) is 0 Å². The Morgan fingerprint density at radius 3 is 2.45 bits per heavy atom. The second-order valence-electron chi connectivity index (χ2n) is 4.65. The highest BCUT2D eigenvalue weighted by atomic mass is 16.2. The Morgan fingerprint density at radius 1 is 1.25 bits per heavy atom. The van der Waals surface area contributed by atoms with Crippen molar-refractivity contribution < 1.29 is 14.4 Å². The first-order valence-electron chi connectivity index (χ1n) is 6.37. The molecule has 1 unspecified atom stereocenters. The summed E-state index contributed by atoms with van der Waals surface area (Å²) in [6.07, 6.45) is 5.49. The molecule has 0 aromatic rings. The van der Waals surface area contributed by atoms with Crippen LogP contribution in [-0.2, 0) is 14.4 Å². The summed E-state index contributed by atoms with van der Waals surface area (Å²) >= 11 is 0. The van der Waals surface area contributed by atoms with Gasteiger partial charge in [-0.1, -0.05) is 25.3 Å². The molecule has 2 fully saturated rings. The minimum absolute atomic E-state index is 0.282. The number of amides is 3. The van der Waals surface area contributed by atoms with Gasteiger partial charge in [0.25, 0.3) is 11.8 Å². The van der Waals surface area contributed by atoms with E-state index in [-0.39, 0.29) is 11.5 Å². The third kappa shape index (κ3) is 2.11. The first-order chi connectivity index (χ1) is 9.51. The Bertz CT molecular complexity index is 584. The lowest BCUT2D eigenvalue weighted by Gasteiger charge is -2.29. The van der Waals surface area contributed by atoms with E-state index in [4.69, 9.17) is 0 Å². The number of nitrogens with zero attached hydrogens (tertiary/aromatic N) is 1. The largest absolute Gasteiger partial charge is 0.329 e. The molecular weight excluding hydrogens is 256 g/mol. The molecule has 3 amide bonds. The second-order valence-corrected chi connectivity index (χ2v) is 4.65. The van der Waals surface area contributed by atoms with Crippen molar-refractivity contribution in [2.24, 2.45) is 0 Å². The summed E-state index contributed by atoms with van der Waals surface area (Å²) in [7, 11) is 0. The maximum atomic E-state index is 12.3. The second kappa shape index (κ2) is 5.28. The molecule has 0 aliphatic carbocycles. The molecule has 2 aliphatic rings. The molecule has 5 heteroatoms. The quantitative estimate of drug-likeness (QED) is 0.607. The minimum Gasteiger partial charge on any atom is -0.329 e. The van der Waals surface area contributed by atoms with Crippen molar-refractivity contribution in [2.45, 2.75) is 25.8 Å². The number of hydrogen-bond donors (Lipinski definition) is 1. The van der Waals surface area contributed by atoms with Crippen LogP contribution in [0.2, 0.25) is 0 Å². The highest BCUT2D eigenvalue weighted by Crippen LogP contribution is 2.29. The minimum atomic E-state index is -0.772. The molecule has 0 radical (unpaired) electrons. The zero-order valence-corrected chi connectivity index (χ0v) is 11.3. The summed E-state index contributed by atoms with van der Waals surface area (Å²) in [4.78, 5) is 37.7. The topological polar surface area (TPSA) is 66.5 Å². The van der Waals surface area contributed by atoms with E-state index in [2.05, 4.69) is 18.5 Å². The number of nitrogens with one attached hydrogen (secondary N) is 1. The molecule has 0 saturated carbocycles.